The topological polar surface area (TPSA) is 21.3 Å². The second-order valence-electron chi connectivity index (χ2n) is 3.98. The first-order valence-electron chi connectivity index (χ1n) is 5.42. The first kappa shape index (κ1) is 11.3. The minimum atomic E-state index is -0.652. The molecule has 0 amide bonds. The number of methoxy groups -OCH3 is 1. The smallest absolute Gasteiger partial charge is 0.165 e. The Labute approximate surface area is 93.6 Å². The molecule has 0 saturated carbocycles. The van der Waals surface area contributed by atoms with Crippen molar-refractivity contribution in [3.8, 4) is 5.75 Å². The molecule has 1 unspecified atom stereocenters. The van der Waals surface area contributed by atoms with Crippen molar-refractivity contribution in [3.05, 3.63) is 29.1 Å². The summed E-state index contributed by atoms with van der Waals surface area (Å²) >= 11 is 0. The van der Waals surface area contributed by atoms with Crippen molar-refractivity contribution in [2.24, 2.45) is 0 Å². The van der Waals surface area contributed by atoms with Crippen molar-refractivity contribution in [1.29, 1.82) is 0 Å². The highest BCUT2D eigenvalue weighted by atomic mass is 19.1. The van der Waals surface area contributed by atoms with Gasteiger partial charge in [-0.05, 0) is 37.1 Å². The minimum absolute atomic E-state index is 0.0796. The third-order valence-corrected chi connectivity index (χ3v) is 2.93. The highest BCUT2D eigenvalue weighted by Crippen LogP contribution is 2.34. The molecule has 0 bridgehead atoms. The molecule has 1 heterocycles. The third kappa shape index (κ3) is 2.02. The predicted molar refractivity (Wildman–Crippen MR) is 57.7 cm³/mol. The lowest BCUT2D eigenvalue weighted by molar-refractivity contribution is 0.374. The quantitative estimate of drug-likeness (QED) is 0.857. The molecule has 1 aromatic carbocycles. The van der Waals surface area contributed by atoms with E-state index in [1.807, 2.05) is 0 Å². The number of hydrogen-bond donors (Lipinski definition) is 1. The van der Waals surface area contributed by atoms with Crippen molar-refractivity contribution in [2.45, 2.75) is 25.6 Å². The highest BCUT2D eigenvalue weighted by molar-refractivity contribution is 5.41. The summed E-state index contributed by atoms with van der Waals surface area (Å²) in [6.07, 6.45) is 1.99. The molecule has 0 aromatic heterocycles. The van der Waals surface area contributed by atoms with Gasteiger partial charge in [-0.1, -0.05) is 0 Å². The molecule has 88 valence electrons. The maximum atomic E-state index is 13.6. The maximum absolute atomic E-state index is 13.6. The van der Waals surface area contributed by atoms with Gasteiger partial charge in [0.2, 0.25) is 0 Å². The number of hydrogen-bond acceptors (Lipinski definition) is 2. The van der Waals surface area contributed by atoms with Crippen LogP contribution in [0, 0.1) is 5.82 Å². The predicted octanol–water partition coefficient (Wildman–Crippen LogP) is 2.73. The molecule has 1 aliphatic rings. The van der Waals surface area contributed by atoms with Crippen LogP contribution in [0.3, 0.4) is 0 Å². The summed E-state index contributed by atoms with van der Waals surface area (Å²) in [5.74, 6) is -0.252. The van der Waals surface area contributed by atoms with Gasteiger partial charge in [0.15, 0.2) is 11.6 Å². The van der Waals surface area contributed by atoms with Gasteiger partial charge >= 0.3 is 0 Å². The number of nitrogens with one attached hydrogen (secondary N) is 1. The van der Waals surface area contributed by atoms with Gasteiger partial charge in [-0.3, -0.25) is 0 Å². The van der Waals surface area contributed by atoms with Crippen LogP contribution in [0.4, 0.5) is 8.78 Å². The molecule has 1 aliphatic heterocycles. The van der Waals surface area contributed by atoms with Crippen LogP contribution in [0.1, 0.15) is 30.0 Å². The summed E-state index contributed by atoms with van der Waals surface area (Å²) in [7, 11) is 1.44. The van der Waals surface area contributed by atoms with Crippen LogP contribution in [-0.2, 0) is 6.67 Å². The monoisotopic (exact) mass is 227 g/mol. The summed E-state index contributed by atoms with van der Waals surface area (Å²) in [6.45, 7) is 0.260. The van der Waals surface area contributed by atoms with Gasteiger partial charge in [-0.15, -0.1) is 0 Å². The van der Waals surface area contributed by atoms with E-state index in [-0.39, 0.29) is 11.8 Å². The van der Waals surface area contributed by atoms with Crippen LogP contribution in [0.5, 0.6) is 5.75 Å². The summed E-state index contributed by atoms with van der Waals surface area (Å²) in [5, 5.41) is 3.26. The first-order valence-corrected chi connectivity index (χ1v) is 5.42. The van der Waals surface area contributed by atoms with E-state index in [0.717, 1.165) is 24.9 Å². The molecule has 4 heteroatoms. The van der Waals surface area contributed by atoms with E-state index in [1.165, 1.54) is 13.2 Å². The summed E-state index contributed by atoms with van der Waals surface area (Å²) in [4.78, 5) is 0. The number of halogens is 2. The summed E-state index contributed by atoms with van der Waals surface area (Å²) in [5.41, 5.74) is 1.09. The van der Waals surface area contributed by atoms with Gasteiger partial charge in [0.05, 0.1) is 7.11 Å². The van der Waals surface area contributed by atoms with E-state index in [1.54, 1.807) is 6.07 Å². The Kier molecular flexibility index (Phi) is 3.39. The van der Waals surface area contributed by atoms with Crippen LogP contribution in [-0.4, -0.2) is 13.7 Å². The fourth-order valence-corrected chi connectivity index (χ4v) is 2.17. The second-order valence-corrected chi connectivity index (χ2v) is 3.98. The van der Waals surface area contributed by atoms with Crippen molar-refractivity contribution >= 4 is 0 Å². The van der Waals surface area contributed by atoms with Crippen molar-refractivity contribution in [1.82, 2.24) is 5.32 Å². The van der Waals surface area contributed by atoms with E-state index in [0.29, 0.717) is 5.56 Å². The molecule has 1 fully saturated rings. The average molecular weight is 227 g/mol. The lowest BCUT2D eigenvalue weighted by atomic mass is 10.0. The lowest BCUT2D eigenvalue weighted by Gasteiger charge is -2.16. The Bertz CT molecular complexity index is 376. The van der Waals surface area contributed by atoms with Crippen LogP contribution in [0.15, 0.2) is 12.1 Å². The van der Waals surface area contributed by atoms with Gasteiger partial charge in [0, 0.05) is 11.6 Å². The van der Waals surface area contributed by atoms with Crippen LogP contribution in [0.25, 0.3) is 0 Å². The van der Waals surface area contributed by atoms with Gasteiger partial charge in [-0.2, -0.15) is 0 Å². The van der Waals surface area contributed by atoms with Gasteiger partial charge < -0.3 is 10.1 Å². The zero-order chi connectivity index (χ0) is 11.5. The molecule has 2 nitrogen and oxygen atoms in total. The third-order valence-electron chi connectivity index (χ3n) is 2.93. The Hall–Kier alpha value is -1.16. The molecular weight excluding hydrogens is 212 g/mol. The Morgan fingerprint density at radius 2 is 2.31 bits per heavy atom. The Morgan fingerprint density at radius 1 is 1.50 bits per heavy atom. The second kappa shape index (κ2) is 4.78. The number of ether oxygens (including phenoxy) is 1. The fourth-order valence-electron chi connectivity index (χ4n) is 2.17. The van der Waals surface area contributed by atoms with E-state index in [2.05, 4.69) is 5.32 Å². The van der Waals surface area contributed by atoms with Gasteiger partial charge in [0.1, 0.15) is 6.67 Å². The molecule has 1 atom stereocenters. The molecule has 0 aliphatic carbocycles. The SMILES string of the molecule is COc1c(F)cc(CF)cc1C1CCCN1. The normalized spacial score (nSPS) is 20.1. The fraction of sp³-hybridized carbons (Fsp3) is 0.500. The summed E-state index contributed by atoms with van der Waals surface area (Å²) < 4.78 is 31.3. The molecular formula is C12H15F2NO. The lowest BCUT2D eigenvalue weighted by Crippen LogP contribution is -2.14. The van der Waals surface area contributed by atoms with Crippen LogP contribution < -0.4 is 10.1 Å². The Balaban J connectivity index is 2.42. The Morgan fingerprint density at radius 3 is 2.88 bits per heavy atom. The average Bonchev–Trinajstić information content (AvgIpc) is 2.81. The molecule has 0 spiro atoms. The minimum Gasteiger partial charge on any atom is -0.493 e. The van der Waals surface area contributed by atoms with Gasteiger partial charge in [-0.25, -0.2) is 8.78 Å². The van der Waals surface area contributed by atoms with Crippen LogP contribution >= 0.6 is 0 Å². The van der Waals surface area contributed by atoms with Crippen molar-refractivity contribution in [2.75, 3.05) is 13.7 Å². The zero-order valence-electron chi connectivity index (χ0n) is 9.22. The zero-order valence-corrected chi connectivity index (χ0v) is 9.22. The molecule has 2 rings (SSSR count). The first-order chi connectivity index (χ1) is 7.76. The number of rotatable bonds is 3. The molecule has 16 heavy (non-hydrogen) atoms. The van der Waals surface area contributed by atoms with Crippen molar-refractivity contribution < 1.29 is 13.5 Å². The standard InChI is InChI=1S/C12H15F2NO/c1-16-12-9(11-3-2-4-15-11)5-8(7-13)6-10(12)14/h5-6,11,15H,2-4,7H2,1H3. The largest absolute Gasteiger partial charge is 0.493 e. The van der Waals surface area contributed by atoms with Gasteiger partial charge in [0.25, 0.3) is 0 Å². The molecule has 0 radical (unpaired) electrons. The highest BCUT2D eigenvalue weighted by Gasteiger charge is 2.22. The van der Waals surface area contributed by atoms with E-state index < -0.39 is 12.5 Å². The van der Waals surface area contributed by atoms with E-state index in [4.69, 9.17) is 4.74 Å². The van der Waals surface area contributed by atoms with Crippen LogP contribution in [0.2, 0.25) is 0 Å². The number of alkyl halides is 1. The molecule has 1 saturated heterocycles. The van der Waals surface area contributed by atoms with E-state index >= 15 is 0 Å². The summed E-state index contributed by atoms with van der Waals surface area (Å²) in [6, 6.07) is 2.96. The maximum Gasteiger partial charge on any atom is 0.165 e. The number of benzene rings is 1. The molecule has 1 aromatic rings. The van der Waals surface area contributed by atoms with Crippen molar-refractivity contribution in [3.63, 3.8) is 0 Å². The molecule has 1 N–H and O–H groups in total. The van der Waals surface area contributed by atoms with E-state index in [9.17, 15) is 8.78 Å².